The van der Waals surface area contributed by atoms with Gasteiger partial charge in [0.25, 0.3) is 5.91 Å². The Morgan fingerprint density at radius 1 is 0.925 bits per heavy atom. The summed E-state index contributed by atoms with van der Waals surface area (Å²) in [5.74, 6) is 0.807. The van der Waals surface area contributed by atoms with Crippen LogP contribution in [0.2, 0.25) is 0 Å². The summed E-state index contributed by atoms with van der Waals surface area (Å²) in [5, 5.41) is 4.26. The fraction of sp³-hybridized carbons (Fsp3) is 0.353. The number of nitrogens with one attached hydrogen (secondary N) is 1. The largest absolute Gasteiger partial charge is 0.479 e. The molecule has 3 atom stereocenters. The van der Waals surface area contributed by atoms with Crippen LogP contribution in [0.4, 0.5) is 0 Å². The lowest BCUT2D eigenvalue weighted by atomic mass is 10.0. The Balaban J connectivity index is 1.38. The van der Waals surface area contributed by atoms with Crippen molar-refractivity contribution >= 4 is 22.8 Å². The molecule has 208 valence electrons. The highest BCUT2D eigenvalue weighted by Gasteiger charge is 2.24. The van der Waals surface area contributed by atoms with Crippen molar-refractivity contribution < 1.29 is 19.1 Å². The van der Waals surface area contributed by atoms with Gasteiger partial charge in [-0.1, -0.05) is 36.4 Å². The fourth-order valence-corrected chi connectivity index (χ4v) is 5.52. The molecule has 0 saturated heterocycles. The summed E-state index contributed by atoms with van der Waals surface area (Å²) < 4.78 is 12.9. The summed E-state index contributed by atoms with van der Waals surface area (Å²) in [4.78, 5) is 25.1. The van der Waals surface area contributed by atoms with E-state index in [0.717, 1.165) is 33.3 Å². The predicted molar refractivity (Wildman–Crippen MR) is 158 cm³/mol. The van der Waals surface area contributed by atoms with Crippen molar-refractivity contribution in [2.24, 2.45) is 0 Å². The third kappa shape index (κ3) is 5.48. The number of hydrogen-bond acceptors (Lipinski definition) is 4. The van der Waals surface area contributed by atoms with E-state index in [2.05, 4.69) is 61.0 Å². The number of aromatic nitrogens is 1. The maximum absolute atomic E-state index is 13.3. The molecule has 6 nitrogen and oxygen atoms in total. The first kappa shape index (κ1) is 27.5. The van der Waals surface area contributed by atoms with Gasteiger partial charge in [-0.3, -0.25) is 4.79 Å². The fourth-order valence-electron chi connectivity index (χ4n) is 5.52. The predicted octanol–water partition coefficient (Wildman–Crippen LogP) is 7.18. The smallest absolute Gasteiger partial charge is 0.346 e. The summed E-state index contributed by atoms with van der Waals surface area (Å²) in [6.07, 6.45) is 1.82. The van der Waals surface area contributed by atoms with Gasteiger partial charge in [0.1, 0.15) is 5.75 Å². The van der Waals surface area contributed by atoms with Crippen molar-refractivity contribution in [1.29, 1.82) is 0 Å². The van der Waals surface area contributed by atoms with E-state index in [9.17, 15) is 9.59 Å². The van der Waals surface area contributed by atoms with Gasteiger partial charge in [0.2, 0.25) is 0 Å². The molecule has 1 fully saturated rings. The summed E-state index contributed by atoms with van der Waals surface area (Å²) in [6, 6.07) is 22.3. The van der Waals surface area contributed by atoms with Gasteiger partial charge in [-0.25, -0.2) is 4.79 Å². The molecule has 1 aliphatic carbocycles. The number of aryl methyl sites for hydroxylation is 1. The Hall–Kier alpha value is -4.06. The van der Waals surface area contributed by atoms with Crippen LogP contribution in [0.1, 0.15) is 89.9 Å². The van der Waals surface area contributed by atoms with Gasteiger partial charge in [-0.15, -0.1) is 0 Å². The minimum Gasteiger partial charge on any atom is -0.479 e. The Morgan fingerprint density at radius 2 is 1.65 bits per heavy atom. The zero-order valence-corrected chi connectivity index (χ0v) is 24.2. The zero-order valence-electron chi connectivity index (χ0n) is 24.2. The lowest BCUT2D eigenvalue weighted by Gasteiger charge is -2.20. The lowest BCUT2D eigenvalue weighted by molar-refractivity contribution is -0.147. The summed E-state index contributed by atoms with van der Waals surface area (Å²) >= 11 is 0. The minimum absolute atomic E-state index is 0.00613. The van der Waals surface area contributed by atoms with Crippen molar-refractivity contribution in [3.8, 4) is 5.75 Å². The normalized spacial score (nSPS) is 15.3. The number of carbonyl (C=O) groups excluding carboxylic acids is 2. The third-order valence-electron chi connectivity index (χ3n) is 8.21. The van der Waals surface area contributed by atoms with Crippen molar-refractivity contribution in [3.05, 3.63) is 100 Å². The number of ether oxygens (including phenoxy) is 2. The van der Waals surface area contributed by atoms with E-state index in [0.29, 0.717) is 17.2 Å². The van der Waals surface area contributed by atoms with E-state index >= 15 is 0 Å². The highest BCUT2D eigenvalue weighted by Crippen LogP contribution is 2.40. The topological polar surface area (TPSA) is 69.6 Å². The molecule has 3 aromatic carbocycles. The van der Waals surface area contributed by atoms with Crippen LogP contribution in [0.15, 0.2) is 66.7 Å². The minimum atomic E-state index is -0.693. The number of fused-ring (bicyclic) bond motifs is 1. The first-order valence-corrected chi connectivity index (χ1v) is 14.0. The van der Waals surface area contributed by atoms with Crippen LogP contribution in [-0.4, -0.2) is 29.7 Å². The number of carbonyl (C=O) groups is 2. The van der Waals surface area contributed by atoms with Crippen LogP contribution in [-0.2, 0) is 9.53 Å². The second kappa shape index (κ2) is 11.2. The molecule has 1 N–H and O–H groups in total. The summed E-state index contributed by atoms with van der Waals surface area (Å²) in [5.41, 5.74) is 7.57. The van der Waals surface area contributed by atoms with Gasteiger partial charge in [-0.2, -0.15) is 0 Å². The van der Waals surface area contributed by atoms with Gasteiger partial charge >= 0.3 is 5.97 Å². The number of benzene rings is 3. The van der Waals surface area contributed by atoms with Crippen LogP contribution < -0.4 is 10.1 Å². The van der Waals surface area contributed by atoms with Crippen molar-refractivity contribution in [3.63, 3.8) is 0 Å². The maximum atomic E-state index is 13.3. The molecule has 1 aromatic heterocycles. The molecule has 1 aliphatic rings. The van der Waals surface area contributed by atoms with Crippen molar-refractivity contribution in [2.75, 3.05) is 7.11 Å². The Morgan fingerprint density at radius 3 is 2.38 bits per heavy atom. The van der Waals surface area contributed by atoms with Gasteiger partial charge in [-0.05, 0) is 106 Å². The van der Waals surface area contributed by atoms with E-state index in [1.54, 1.807) is 6.92 Å². The van der Waals surface area contributed by atoms with Gasteiger partial charge < -0.3 is 19.4 Å². The number of hydrogen-bond donors (Lipinski definition) is 1. The number of esters is 1. The molecule has 0 aliphatic heterocycles. The highest BCUT2D eigenvalue weighted by atomic mass is 16.6. The molecule has 0 spiro atoms. The summed E-state index contributed by atoms with van der Waals surface area (Å²) in [7, 11) is 1.35. The molecule has 4 aromatic rings. The molecule has 0 radical (unpaired) electrons. The second-order valence-corrected chi connectivity index (χ2v) is 11.0. The first-order valence-electron chi connectivity index (χ1n) is 14.0. The van der Waals surface area contributed by atoms with Crippen LogP contribution >= 0.6 is 0 Å². The van der Waals surface area contributed by atoms with E-state index in [1.165, 1.54) is 25.5 Å². The van der Waals surface area contributed by atoms with E-state index in [1.807, 2.05) is 43.3 Å². The molecule has 1 amide bonds. The molecule has 2 unspecified atom stereocenters. The van der Waals surface area contributed by atoms with Crippen molar-refractivity contribution in [2.45, 2.75) is 71.6 Å². The number of nitrogens with zero attached hydrogens (tertiary/aromatic N) is 1. The monoisotopic (exact) mass is 538 g/mol. The number of methoxy groups -OCH3 is 1. The average Bonchev–Trinajstić information content (AvgIpc) is 3.79. The van der Waals surface area contributed by atoms with Crippen LogP contribution in [0.25, 0.3) is 10.9 Å². The molecular formula is C34H38N2O4. The standard InChI is InChI=1S/C34H38N2O4/c1-20-22(3)36(23(4)27-10-8-12-30(18-27)40-24(5)34(38)39-6)32-16-15-29(19-31(20)32)33(37)35-21(2)26-9-7-11-28(17-26)25-13-14-25/h7-12,15-19,21,23-25H,13-14H2,1-6H3,(H,35,37)/t21-,23?,24?/m0/s1. The SMILES string of the molecule is COC(=O)C(C)Oc1cccc(C(C)n2c(C)c(C)c3cc(C(=O)N[C@@H](C)c4cccc(C5CC5)c4)ccc32)c1. The van der Waals surface area contributed by atoms with Gasteiger partial charge in [0, 0.05) is 22.2 Å². The lowest BCUT2D eigenvalue weighted by Crippen LogP contribution is -2.26. The molecule has 0 bridgehead atoms. The number of amides is 1. The second-order valence-electron chi connectivity index (χ2n) is 11.0. The Labute approximate surface area is 236 Å². The maximum Gasteiger partial charge on any atom is 0.346 e. The van der Waals surface area contributed by atoms with Crippen LogP contribution in [0.5, 0.6) is 5.75 Å². The molecule has 1 heterocycles. The molecule has 1 saturated carbocycles. The Kier molecular flexibility index (Phi) is 7.70. The summed E-state index contributed by atoms with van der Waals surface area (Å²) in [6.45, 7) is 10.1. The van der Waals surface area contributed by atoms with Crippen molar-refractivity contribution in [1.82, 2.24) is 9.88 Å². The average molecular weight is 539 g/mol. The molecular weight excluding hydrogens is 500 g/mol. The van der Waals surface area contributed by atoms with Gasteiger partial charge in [0.05, 0.1) is 19.2 Å². The van der Waals surface area contributed by atoms with Crippen LogP contribution in [0.3, 0.4) is 0 Å². The molecule has 5 rings (SSSR count). The molecule has 6 heteroatoms. The van der Waals surface area contributed by atoms with Crippen LogP contribution in [0, 0.1) is 13.8 Å². The van der Waals surface area contributed by atoms with Gasteiger partial charge in [0.15, 0.2) is 6.10 Å². The third-order valence-corrected chi connectivity index (χ3v) is 8.21. The highest BCUT2D eigenvalue weighted by molar-refractivity contribution is 5.99. The first-order chi connectivity index (χ1) is 19.2. The number of rotatable bonds is 9. The Bertz CT molecular complexity index is 1570. The molecule has 40 heavy (non-hydrogen) atoms. The van der Waals surface area contributed by atoms with E-state index < -0.39 is 12.1 Å². The van der Waals surface area contributed by atoms with E-state index in [-0.39, 0.29) is 18.0 Å². The zero-order chi connectivity index (χ0) is 28.6. The quantitative estimate of drug-likeness (QED) is 0.229. The van der Waals surface area contributed by atoms with E-state index in [4.69, 9.17) is 9.47 Å².